The molecule has 0 aromatic rings. The number of aliphatic hydroxyl groups excluding tert-OH is 1. The second kappa shape index (κ2) is 4.84. The number of halogens is 2. The minimum Gasteiger partial charge on any atom is -0.392 e. The lowest BCUT2D eigenvalue weighted by molar-refractivity contribution is -0.0210. The van der Waals surface area contributed by atoms with Crippen molar-refractivity contribution in [2.24, 2.45) is 5.41 Å². The minimum atomic E-state index is -0.211. The predicted molar refractivity (Wildman–Crippen MR) is 60.6 cm³/mol. The van der Waals surface area contributed by atoms with E-state index in [0.717, 1.165) is 19.5 Å². The predicted octanol–water partition coefficient (Wildman–Crippen LogP) is 2.40. The molecule has 1 atom stereocenters. The first-order valence-electron chi connectivity index (χ1n) is 4.81. The van der Waals surface area contributed by atoms with Crippen LogP contribution >= 0.6 is 23.2 Å². The van der Waals surface area contributed by atoms with Crippen molar-refractivity contribution in [3.05, 3.63) is 10.6 Å². The highest BCUT2D eigenvalue weighted by Crippen LogP contribution is 2.29. The molecule has 0 aromatic carbocycles. The van der Waals surface area contributed by atoms with Gasteiger partial charge in [0.1, 0.15) is 0 Å². The van der Waals surface area contributed by atoms with Crippen LogP contribution < -0.4 is 0 Å². The molecule has 2 nitrogen and oxygen atoms in total. The van der Waals surface area contributed by atoms with Crippen LogP contribution in [0.1, 0.15) is 20.3 Å². The summed E-state index contributed by atoms with van der Waals surface area (Å²) < 4.78 is 0. The van der Waals surface area contributed by atoms with Crippen molar-refractivity contribution in [2.45, 2.75) is 26.4 Å². The van der Waals surface area contributed by atoms with Crippen molar-refractivity contribution < 1.29 is 5.11 Å². The SMILES string of the molecule is CC1(C)CN(C/C(Cl)=C/Cl)CCC1O. The Morgan fingerprint density at radius 3 is 2.79 bits per heavy atom. The fourth-order valence-electron chi connectivity index (χ4n) is 1.84. The maximum atomic E-state index is 9.75. The largest absolute Gasteiger partial charge is 0.392 e. The summed E-state index contributed by atoms with van der Waals surface area (Å²) in [5, 5.41) is 10.4. The molecule has 0 aromatic heterocycles. The Balaban J connectivity index is 2.52. The average Bonchev–Trinajstić information content (AvgIpc) is 2.11. The van der Waals surface area contributed by atoms with Crippen LogP contribution in [0.5, 0.6) is 0 Å². The van der Waals surface area contributed by atoms with Gasteiger partial charge in [0.05, 0.1) is 6.10 Å². The number of piperidine rings is 1. The van der Waals surface area contributed by atoms with Crippen molar-refractivity contribution in [2.75, 3.05) is 19.6 Å². The monoisotopic (exact) mass is 237 g/mol. The summed E-state index contributed by atoms with van der Waals surface area (Å²) in [6, 6.07) is 0. The first-order valence-corrected chi connectivity index (χ1v) is 5.62. The summed E-state index contributed by atoms with van der Waals surface area (Å²) in [4.78, 5) is 2.22. The van der Waals surface area contributed by atoms with E-state index in [2.05, 4.69) is 18.7 Å². The maximum Gasteiger partial charge on any atom is 0.0615 e. The molecule has 1 aliphatic rings. The lowest BCUT2D eigenvalue weighted by Gasteiger charge is -2.41. The average molecular weight is 238 g/mol. The Morgan fingerprint density at radius 2 is 2.29 bits per heavy atom. The molecule has 1 fully saturated rings. The van der Waals surface area contributed by atoms with E-state index < -0.39 is 0 Å². The summed E-state index contributed by atoms with van der Waals surface area (Å²) in [7, 11) is 0. The lowest BCUT2D eigenvalue weighted by Crippen LogP contribution is -2.48. The Morgan fingerprint density at radius 1 is 1.64 bits per heavy atom. The molecule has 0 amide bonds. The molecule has 0 radical (unpaired) electrons. The summed E-state index contributed by atoms with van der Waals surface area (Å²) >= 11 is 11.4. The fourth-order valence-corrected chi connectivity index (χ4v) is 2.08. The minimum absolute atomic E-state index is 0.0538. The zero-order chi connectivity index (χ0) is 10.8. The second-order valence-electron chi connectivity index (χ2n) is 4.56. The highest BCUT2D eigenvalue weighted by molar-refractivity contribution is 6.36. The van der Waals surface area contributed by atoms with E-state index in [9.17, 15) is 5.11 Å². The van der Waals surface area contributed by atoms with E-state index in [1.807, 2.05) is 0 Å². The molecule has 1 aliphatic heterocycles. The van der Waals surface area contributed by atoms with E-state index in [1.54, 1.807) is 0 Å². The Hall–Kier alpha value is 0.240. The zero-order valence-corrected chi connectivity index (χ0v) is 10.1. The van der Waals surface area contributed by atoms with Crippen LogP contribution in [0.4, 0.5) is 0 Å². The standard InChI is InChI=1S/C10H17Cl2NO/c1-10(2)7-13(4-3-9(10)14)6-8(12)5-11/h5,9,14H,3-4,6-7H2,1-2H3/b8-5-. The molecular formula is C10H17Cl2NO. The van der Waals surface area contributed by atoms with Gasteiger partial charge < -0.3 is 5.11 Å². The number of likely N-dealkylation sites (tertiary alicyclic amines) is 1. The van der Waals surface area contributed by atoms with Gasteiger partial charge in [-0.3, -0.25) is 4.90 Å². The molecule has 0 saturated carbocycles. The van der Waals surface area contributed by atoms with Gasteiger partial charge in [0.2, 0.25) is 0 Å². The molecule has 0 spiro atoms. The number of hydrogen-bond acceptors (Lipinski definition) is 2. The van der Waals surface area contributed by atoms with Crippen LogP contribution in [-0.2, 0) is 0 Å². The Kier molecular flexibility index (Phi) is 4.26. The Bertz CT molecular complexity index is 228. The molecule has 1 saturated heterocycles. The van der Waals surface area contributed by atoms with Crippen LogP contribution in [0.3, 0.4) is 0 Å². The highest BCUT2D eigenvalue weighted by atomic mass is 35.5. The third-order valence-electron chi connectivity index (χ3n) is 2.75. The van der Waals surface area contributed by atoms with E-state index in [1.165, 1.54) is 5.54 Å². The topological polar surface area (TPSA) is 23.5 Å². The van der Waals surface area contributed by atoms with Crippen molar-refractivity contribution in [3.8, 4) is 0 Å². The van der Waals surface area contributed by atoms with Crippen LogP contribution in [-0.4, -0.2) is 35.7 Å². The maximum absolute atomic E-state index is 9.75. The van der Waals surface area contributed by atoms with Gasteiger partial charge in [-0.1, -0.05) is 37.0 Å². The van der Waals surface area contributed by atoms with Gasteiger partial charge in [-0.15, -0.1) is 0 Å². The van der Waals surface area contributed by atoms with Crippen LogP contribution in [0.15, 0.2) is 10.6 Å². The smallest absolute Gasteiger partial charge is 0.0615 e. The number of hydrogen-bond donors (Lipinski definition) is 1. The number of aliphatic hydroxyl groups is 1. The normalized spacial score (nSPS) is 29.2. The fraction of sp³-hybridized carbons (Fsp3) is 0.800. The summed E-state index contributed by atoms with van der Waals surface area (Å²) in [5.74, 6) is 0. The van der Waals surface area contributed by atoms with E-state index in [4.69, 9.17) is 23.2 Å². The van der Waals surface area contributed by atoms with Crippen LogP contribution in [0.25, 0.3) is 0 Å². The van der Waals surface area contributed by atoms with Crippen LogP contribution in [0.2, 0.25) is 0 Å². The van der Waals surface area contributed by atoms with Gasteiger partial charge in [0.15, 0.2) is 0 Å². The van der Waals surface area contributed by atoms with Gasteiger partial charge in [-0.2, -0.15) is 0 Å². The number of rotatable bonds is 2. The van der Waals surface area contributed by atoms with Gasteiger partial charge in [-0.05, 0) is 6.42 Å². The van der Waals surface area contributed by atoms with Gasteiger partial charge in [0, 0.05) is 35.6 Å². The van der Waals surface area contributed by atoms with E-state index >= 15 is 0 Å². The molecule has 1 heterocycles. The van der Waals surface area contributed by atoms with Crippen LogP contribution in [0, 0.1) is 5.41 Å². The van der Waals surface area contributed by atoms with Crippen molar-refractivity contribution in [1.82, 2.24) is 4.90 Å². The zero-order valence-electron chi connectivity index (χ0n) is 8.63. The molecule has 1 N–H and O–H groups in total. The molecular weight excluding hydrogens is 221 g/mol. The first kappa shape index (κ1) is 12.3. The summed E-state index contributed by atoms with van der Waals surface area (Å²) in [6.45, 7) is 6.56. The molecule has 4 heteroatoms. The molecule has 14 heavy (non-hydrogen) atoms. The molecule has 0 bridgehead atoms. The van der Waals surface area contributed by atoms with Gasteiger partial charge in [0.25, 0.3) is 0 Å². The second-order valence-corrected chi connectivity index (χ2v) is 5.26. The van der Waals surface area contributed by atoms with Crippen molar-refractivity contribution in [1.29, 1.82) is 0 Å². The Labute approximate surface area is 95.5 Å². The molecule has 0 aliphatic carbocycles. The molecule has 1 rings (SSSR count). The van der Waals surface area contributed by atoms with Gasteiger partial charge in [-0.25, -0.2) is 0 Å². The van der Waals surface area contributed by atoms with E-state index in [-0.39, 0.29) is 11.5 Å². The third-order valence-corrected chi connectivity index (χ3v) is 3.35. The molecule has 1 unspecified atom stereocenters. The third kappa shape index (κ3) is 3.13. The summed E-state index contributed by atoms with van der Waals surface area (Å²) in [6.07, 6.45) is 0.594. The van der Waals surface area contributed by atoms with Crippen molar-refractivity contribution in [3.63, 3.8) is 0 Å². The van der Waals surface area contributed by atoms with Gasteiger partial charge >= 0.3 is 0 Å². The lowest BCUT2D eigenvalue weighted by atomic mass is 9.81. The van der Waals surface area contributed by atoms with E-state index in [0.29, 0.717) is 11.6 Å². The summed E-state index contributed by atoms with van der Waals surface area (Å²) in [5.41, 5.74) is 1.35. The van der Waals surface area contributed by atoms with Crippen molar-refractivity contribution >= 4 is 23.2 Å². The molecule has 82 valence electrons. The quantitative estimate of drug-likeness (QED) is 0.798. The first-order chi connectivity index (χ1) is 6.45. The highest BCUT2D eigenvalue weighted by Gasteiger charge is 2.34. The number of nitrogens with zero attached hydrogens (tertiary/aromatic N) is 1.